The van der Waals surface area contributed by atoms with E-state index in [-0.39, 0.29) is 5.75 Å². The molecule has 1 unspecified atom stereocenters. The van der Waals surface area contributed by atoms with E-state index in [9.17, 15) is 8.42 Å². The molecule has 78 valence electrons. The summed E-state index contributed by atoms with van der Waals surface area (Å²) in [4.78, 5) is 0. The normalized spacial score (nSPS) is 25.5. The minimum Gasteiger partial charge on any atom is -0.317 e. The summed E-state index contributed by atoms with van der Waals surface area (Å²) < 4.78 is 21.4. The van der Waals surface area contributed by atoms with Crippen molar-refractivity contribution in [2.75, 3.05) is 18.8 Å². The second-order valence-corrected chi connectivity index (χ2v) is 6.48. The van der Waals surface area contributed by atoms with E-state index in [1.807, 2.05) is 0 Å². The van der Waals surface area contributed by atoms with E-state index in [0.29, 0.717) is 12.3 Å². The van der Waals surface area contributed by atoms with Crippen molar-refractivity contribution in [3.05, 3.63) is 0 Å². The zero-order valence-electron chi connectivity index (χ0n) is 7.63. The fourth-order valence-electron chi connectivity index (χ4n) is 1.69. The van der Waals surface area contributed by atoms with Crippen molar-refractivity contribution in [1.82, 2.24) is 5.32 Å². The Morgan fingerprint density at radius 3 is 2.77 bits per heavy atom. The summed E-state index contributed by atoms with van der Waals surface area (Å²) in [6.45, 7) is 2.07. The van der Waals surface area contributed by atoms with Gasteiger partial charge in [0.05, 0.1) is 5.75 Å². The van der Waals surface area contributed by atoms with Crippen molar-refractivity contribution in [2.24, 2.45) is 5.92 Å². The molecule has 0 radical (unpaired) electrons. The molecule has 0 aromatic rings. The Morgan fingerprint density at radius 2 is 2.08 bits per heavy atom. The van der Waals surface area contributed by atoms with Crippen molar-refractivity contribution in [3.63, 3.8) is 0 Å². The third-order valence-electron chi connectivity index (χ3n) is 2.47. The summed E-state index contributed by atoms with van der Waals surface area (Å²) in [5, 5.41) is 3.29. The summed E-state index contributed by atoms with van der Waals surface area (Å²) >= 11 is 0. The Labute approximate surface area is 84.3 Å². The Morgan fingerprint density at radius 1 is 1.31 bits per heavy atom. The standard InChI is InChI=1S/C8H16ClNO2S/c9-13(11,12)7-4-8-2-1-5-10-6-3-8/h8,10H,1-7H2. The monoisotopic (exact) mass is 225 g/mol. The van der Waals surface area contributed by atoms with Crippen molar-refractivity contribution >= 4 is 19.7 Å². The molecule has 1 heterocycles. The maximum Gasteiger partial charge on any atom is 0.232 e. The summed E-state index contributed by atoms with van der Waals surface area (Å²) in [6.07, 6.45) is 4.06. The van der Waals surface area contributed by atoms with Crippen molar-refractivity contribution in [2.45, 2.75) is 25.7 Å². The lowest BCUT2D eigenvalue weighted by atomic mass is 9.98. The maximum atomic E-state index is 10.7. The molecule has 1 N–H and O–H groups in total. The minimum absolute atomic E-state index is 0.124. The average Bonchev–Trinajstić information content (AvgIpc) is 2.26. The van der Waals surface area contributed by atoms with E-state index in [1.54, 1.807) is 0 Å². The third-order valence-corrected chi connectivity index (χ3v) is 3.65. The molecule has 1 rings (SSSR count). The van der Waals surface area contributed by atoms with E-state index in [4.69, 9.17) is 10.7 Å². The minimum atomic E-state index is -3.28. The van der Waals surface area contributed by atoms with Gasteiger partial charge in [-0.15, -0.1) is 0 Å². The summed E-state index contributed by atoms with van der Waals surface area (Å²) in [5.41, 5.74) is 0. The van der Waals surface area contributed by atoms with Crippen LogP contribution in [-0.2, 0) is 9.05 Å². The van der Waals surface area contributed by atoms with Crippen LogP contribution in [0.5, 0.6) is 0 Å². The van der Waals surface area contributed by atoms with Gasteiger partial charge in [0.2, 0.25) is 9.05 Å². The Balaban J connectivity index is 2.27. The van der Waals surface area contributed by atoms with Crippen molar-refractivity contribution in [3.8, 4) is 0 Å². The van der Waals surface area contributed by atoms with Crippen LogP contribution >= 0.6 is 10.7 Å². The molecule has 1 aliphatic rings. The molecular weight excluding hydrogens is 210 g/mol. The van der Waals surface area contributed by atoms with Crippen LogP contribution in [0.15, 0.2) is 0 Å². The van der Waals surface area contributed by atoms with Gasteiger partial charge in [0.15, 0.2) is 0 Å². The first kappa shape index (κ1) is 11.3. The summed E-state index contributed by atoms with van der Waals surface area (Å²) in [7, 11) is 1.87. The second-order valence-electron chi connectivity index (χ2n) is 3.58. The lowest BCUT2D eigenvalue weighted by molar-refractivity contribution is 0.457. The van der Waals surface area contributed by atoms with Crippen LogP contribution in [0.3, 0.4) is 0 Å². The molecule has 0 bridgehead atoms. The smallest absolute Gasteiger partial charge is 0.232 e. The zero-order chi connectivity index (χ0) is 9.73. The molecule has 0 aliphatic carbocycles. The van der Waals surface area contributed by atoms with Crippen LogP contribution in [0, 0.1) is 5.92 Å². The van der Waals surface area contributed by atoms with E-state index < -0.39 is 9.05 Å². The van der Waals surface area contributed by atoms with E-state index in [2.05, 4.69) is 5.32 Å². The van der Waals surface area contributed by atoms with Crippen LogP contribution in [0.4, 0.5) is 0 Å². The molecule has 0 aromatic heterocycles. The third kappa shape index (κ3) is 5.49. The molecule has 5 heteroatoms. The van der Waals surface area contributed by atoms with Gasteiger partial charge in [-0.1, -0.05) is 0 Å². The lowest BCUT2D eigenvalue weighted by Gasteiger charge is -2.11. The topological polar surface area (TPSA) is 46.2 Å². The van der Waals surface area contributed by atoms with Crippen molar-refractivity contribution < 1.29 is 8.42 Å². The molecule has 13 heavy (non-hydrogen) atoms. The van der Waals surface area contributed by atoms with E-state index >= 15 is 0 Å². The number of halogens is 1. The van der Waals surface area contributed by atoms with Gasteiger partial charge < -0.3 is 5.32 Å². The Bertz CT molecular complexity index is 233. The first-order chi connectivity index (χ1) is 6.08. The van der Waals surface area contributed by atoms with Gasteiger partial charge in [0.25, 0.3) is 0 Å². The van der Waals surface area contributed by atoms with Gasteiger partial charge in [0.1, 0.15) is 0 Å². The number of rotatable bonds is 3. The van der Waals surface area contributed by atoms with Crippen LogP contribution in [-0.4, -0.2) is 27.3 Å². The fourth-order valence-corrected chi connectivity index (χ4v) is 2.57. The van der Waals surface area contributed by atoms with Crippen LogP contribution in [0.25, 0.3) is 0 Å². The number of hydrogen-bond acceptors (Lipinski definition) is 3. The zero-order valence-corrected chi connectivity index (χ0v) is 9.20. The quantitative estimate of drug-likeness (QED) is 0.738. The molecule has 0 saturated carbocycles. The molecule has 0 spiro atoms. The maximum absolute atomic E-state index is 10.7. The molecule has 1 saturated heterocycles. The fraction of sp³-hybridized carbons (Fsp3) is 1.00. The van der Waals surface area contributed by atoms with Gasteiger partial charge in [-0.25, -0.2) is 8.42 Å². The molecule has 1 fully saturated rings. The highest BCUT2D eigenvalue weighted by atomic mass is 35.7. The highest BCUT2D eigenvalue weighted by molar-refractivity contribution is 8.13. The number of nitrogens with one attached hydrogen (secondary N) is 1. The second kappa shape index (κ2) is 5.17. The predicted molar refractivity (Wildman–Crippen MR) is 54.5 cm³/mol. The molecule has 1 atom stereocenters. The van der Waals surface area contributed by atoms with Gasteiger partial charge >= 0.3 is 0 Å². The molecule has 0 aromatic carbocycles. The highest BCUT2D eigenvalue weighted by Crippen LogP contribution is 2.18. The molecular formula is C8H16ClNO2S. The highest BCUT2D eigenvalue weighted by Gasteiger charge is 2.14. The SMILES string of the molecule is O=S(=O)(Cl)CCC1CCCNCC1. The first-order valence-corrected chi connectivity index (χ1v) is 7.19. The largest absolute Gasteiger partial charge is 0.317 e. The Kier molecular flexibility index (Phi) is 4.49. The van der Waals surface area contributed by atoms with Crippen LogP contribution in [0.2, 0.25) is 0 Å². The van der Waals surface area contributed by atoms with Gasteiger partial charge in [-0.3, -0.25) is 0 Å². The van der Waals surface area contributed by atoms with Crippen molar-refractivity contribution in [1.29, 1.82) is 0 Å². The predicted octanol–water partition coefficient (Wildman–Crippen LogP) is 1.33. The summed E-state index contributed by atoms with van der Waals surface area (Å²) in [5.74, 6) is 0.655. The molecule has 0 amide bonds. The number of hydrogen-bond donors (Lipinski definition) is 1. The van der Waals surface area contributed by atoms with E-state index in [0.717, 1.165) is 32.4 Å². The summed E-state index contributed by atoms with van der Waals surface area (Å²) in [6, 6.07) is 0. The van der Waals surface area contributed by atoms with Gasteiger partial charge in [0, 0.05) is 10.7 Å². The molecule has 3 nitrogen and oxygen atoms in total. The first-order valence-electron chi connectivity index (χ1n) is 4.71. The Hall–Kier alpha value is 0.200. The average molecular weight is 226 g/mol. The van der Waals surface area contributed by atoms with Crippen LogP contribution < -0.4 is 5.32 Å². The van der Waals surface area contributed by atoms with Gasteiger partial charge in [-0.05, 0) is 44.7 Å². The van der Waals surface area contributed by atoms with Gasteiger partial charge in [-0.2, -0.15) is 0 Å². The lowest BCUT2D eigenvalue weighted by Crippen LogP contribution is -2.14. The molecule has 1 aliphatic heterocycles. The van der Waals surface area contributed by atoms with Crippen LogP contribution in [0.1, 0.15) is 25.7 Å². The van der Waals surface area contributed by atoms with E-state index in [1.165, 1.54) is 0 Å².